The Kier molecular flexibility index (Phi) is 5.86. The van der Waals surface area contributed by atoms with E-state index >= 15 is 0 Å². The molecule has 0 bridgehead atoms. The molecule has 3 rings (SSSR count). The second-order valence-corrected chi connectivity index (χ2v) is 5.81. The molecule has 0 saturated carbocycles. The van der Waals surface area contributed by atoms with Crippen molar-refractivity contribution in [3.05, 3.63) is 78.1 Å². The summed E-state index contributed by atoms with van der Waals surface area (Å²) in [6.07, 6.45) is 1.56. The molecule has 7 heteroatoms. The Labute approximate surface area is 162 Å². The van der Waals surface area contributed by atoms with Crippen LogP contribution in [0.2, 0.25) is 0 Å². The van der Waals surface area contributed by atoms with Gasteiger partial charge in [0.25, 0.3) is 5.91 Å². The monoisotopic (exact) mass is 377 g/mol. The van der Waals surface area contributed by atoms with Gasteiger partial charge >= 0.3 is 5.97 Å². The van der Waals surface area contributed by atoms with E-state index in [1.54, 1.807) is 49.7 Å². The minimum atomic E-state index is -0.433. The summed E-state index contributed by atoms with van der Waals surface area (Å²) in [7, 11) is 2.93. The molecule has 0 unspecified atom stereocenters. The lowest BCUT2D eigenvalue weighted by atomic mass is 10.2. The summed E-state index contributed by atoms with van der Waals surface area (Å²) >= 11 is 0. The quantitative estimate of drug-likeness (QED) is 0.634. The van der Waals surface area contributed by atoms with E-state index < -0.39 is 5.97 Å². The third-order valence-electron chi connectivity index (χ3n) is 3.94. The number of carbonyl (C=O) groups excluding carboxylic acids is 2. The lowest BCUT2D eigenvalue weighted by Crippen LogP contribution is -2.14. The predicted molar refractivity (Wildman–Crippen MR) is 106 cm³/mol. The zero-order valence-corrected chi connectivity index (χ0v) is 15.4. The third-order valence-corrected chi connectivity index (χ3v) is 3.94. The second-order valence-electron chi connectivity index (χ2n) is 5.81. The number of pyridine rings is 1. The lowest BCUT2D eigenvalue weighted by molar-refractivity contribution is 0.0600. The standard InChI is InChI=1S/C21H19N3O4/c1-27-18-9-7-15(8-10-18)23-17-11-12-22-19(13-17)20(25)24-16-5-3-14(4-6-16)21(26)28-2/h3-13H,1-2H3,(H,22,23)(H,24,25). The first-order valence-electron chi connectivity index (χ1n) is 8.46. The molecule has 0 spiro atoms. The van der Waals surface area contributed by atoms with Crippen LogP contribution >= 0.6 is 0 Å². The second kappa shape index (κ2) is 8.68. The number of hydrogen-bond donors (Lipinski definition) is 2. The number of esters is 1. The number of hydrogen-bond acceptors (Lipinski definition) is 6. The summed E-state index contributed by atoms with van der Waals surface area (Å²) in [4.78, 5) is 28.0. The van der Waals surface area contributed by atoms with Crippen molar-refractivity contribution in [3.8, 4) is 5.75 Å². The van der Waals surface area contributed by atoms with Crippen LogP contribution in [0.3, 0.4) is 0 Å². The normalized spacial score (nSPS) is 10.1. The first kappa shape index (κ1) is 18.9. The van der Waals surface area contributed by atoms with Gasteiger partial charge in [0.2, 0.25) is 0 Å². The largest absolute Gasteiger partial charge is 0.497 e. The molecule has 0 atom stereocenters. The van der Waals surface area contributed by atoms with Crippen molar-refractivity contribution in [1.82, 2.24) is 4.98 Å². The zero-order valence-electron chi connectivity index (χ0n) is 15.4. The predicted octanol–water partition coefficient (Wildman–Crippen LogP) is 3.87. The Morgan fingerprint density at radius 3 is 2.18 bits per heavy atom. The Morgan fingerprint density at radius 2 is 1.54 bits per heavy atom. The van der Waals surface area contributed by atoms with E-state index in [-0.39, 0.29) is 11.6 Å². The Morgan fingerprint density at radius 1 is 0.857 bits per heavy atom. The van der Waals surface area contributed by atoms with Crippen LogP contribution in [-0.2, 0) is 4.74 Å². The molecule has 0 radical (unpaired) electrons. The first-order chi connectivity index (χ1) is 13.6. The highest BCUT2D eigenvalue weighted by Crippen LogP contribution is 2.20. The maximum absolute atomic E-state index is 12.5. The van der Waals surface area contributed by atoms with Crippen molar-refractivity contribution in [2.75, 3.05) is 24.9 Å². The van der Waals surface area contributed by atoms with Crippen LogP contribution in [0.15, 0.2) is 66.9 Å². The van der Waals surface area contributed by atoms with Gasteiger partial charge in [0.05, 0.1) is 19.8 Å². The molecule has 28 heavy (non-hydrogen) atoms. The van der Waals surface area contributed by atoms with Gasteiger partial charge in [-0.15, -0.1) is 0 Å². The molecule has 0 saturated heterocycles. The highest BCUT2D eigenvalue weighted by atomic mass is 16.5. The average molecular weight is 377 g/mol. The number of aromatic nitrogens is 1. The lowest BCUT2D eigenvalue weighted by Gasteiger charge is -2.09. The molecule has 0 aliphatic heterocycles. The van der Waals surface area contributed by atoms with Gasteiger partial charge in [-0.05, 0) is 60.7 Å². The number of rotatable bonds is 6. The number of carbonyl (C=O) groups is 2. The number of methoxy groups -OCH3 is 2. The van der Waals surface area contributed by atoms with Crippen LogP contribution in [0.1, 0.15) is 20.8 Å². The molecule has 3 aromatic rings. The van der Waals surface area contributed by atoms with E-state index in [1.807, 2.05) is 24.3 Å². The SMILES string of the molecule is COC(=O)c1ccc(NC(=O)c2cc(Nc3ccc(OC)cc3)ccn2)cc1. The summed E-state index contributed by atoms with van der Waals surface area (Å²) in [6.45, 7) is 0. The Balaban J connectivity index is 1.68. The summed E-state index contributed by atoms with van der Waals surface area (Å²) in [6, 6.07) is 17.3. The van der Waals surface area contributed by atoms with Gasteiger partial charge < -0.3 is 20.1 Å². The van der Waals surface area contributed by atoms with Gasteiger partial charge in [-0.2, -0.15) is 0 Å². The van der Waals surface area contributed by atoms with Crippen LogP contribution in [0.25, 0.3) is 0 Å². The van der Waals surface area contributed by atoms with Crippen LogP contribution < -0.4 is 15.4 Å². The fourth-order valence-corrected chi connectivity index (χ4v) is 2.48. The minimum absolute atomic E-state index is 0.260. The number of ether oxygens (including phenoxy) is 2. The highest BCUT2D eigenvalue weighted by Gasteiger charge is 2.10. The summed E-state index contributed by atoms with van der Waals surface area (Å²) in [5.74, 6) is -0.0281. The van der Waals surface area contributed by atoms with Gasteiger partial charge in [0.1, 0.15) is 11.4 Å². The number of nitrogens with zero attached hydrogens (tertiary/aromatic N) is 1. The number of amides is 1. The smallest absolute Gasteiger partial charge is 0.337 e. The Hall–Kier alpha value is -3.87. The first-order valence-corrected chi connectivity index (χ1v) is 8.46. The third kappa shape index (κ3) is 4.64. The van der Waals surface area contributed by atoms with Gasteiger partial charge in [-0.1, -0.05) is 0 Å². The van der Waals surface area contributed by atoms with Crippen molar-refractivity contribution in [2.24, 2.45) is 0 Å². The molecule has 0 aliphatic rings. The van der Waals surface area contributed by atoms with Crippen LogP contribution in [0.5, 0.6) is 5.75 Å². The minimum Gasteiger partial charge on any atom is -0.497 e. The summed E-state index contributed by atoms with van der Waals surface area (Å²) in [5.41, 5.74) is 2.80. The van der Waals surface area contributed by atoms with E-state index in [9.17, 15) is 9.59 Å². The zero-order chi connectivity index (χ0) is 19.9. The molecule has 1 heterocycles. The fourth-order valence-electron chi connectivity index (χ4n) is 2.48. The Bertz CT molecular complexity index is 970. The number of benzene rings is 2. The molecule has 7 nitrogen and oxygen atoms in total. The molecule has 2 N–H and O–H groups in total. The van der Waals surface area contributed by atoms with Gasteiger partial charge in [0, 0.05) is 23.3 Å². The van der Waals surface area contributed by atoms with Crippen molar-refractivity contribution >= 4 is 28.9 Å². The fraction of sp³-hybridized carbons (Fsp3) is 0.0952. The molecule has 2 aromatic carbocycles. The molecular formula is C21H19N3O4. The average Bonchev–Trinajstić information content (AvgIpc) is 2.74. The van der Waals surface area contributed by atoms with Crippen molar-refractivity contribution in [1.29, 1.82) is 0 Å². The van der Waals surface area contributed by atoms with Crippen LogP contribution in [-0.4, -0.2) is 31.1 Å². The van der Waals surface area contributed by atoms with Crippen LogP contribution in [0.4, 0.5) is 17.1 Å². The van der Waals surface area contributed by atoms with E-state index in [4.69, 9.17) is 4.74 Å². The molecule has 0 aliphatic carbocycles. The summed E-state index contributed by atoms with van der Waals surface area (Å²) < 4.78 is 9.79. The van der Waals surface area contributed by atoms with E-state index in [2.05, 4.69) is 20.4 Å². The summed E-state index contributed by atoms with van der Waals surface area (Å²) in [5, 5.41) is 5.96. The van der Waals surface area contributed by atoms with Gasteiger partial charge in [0.15, 0.2) is 0 Å². The molecular weight excluding hydrogens is 358 g/mol. The number of anilines is 3. The van der Waals surface area contributed by atoms with Gasteiger partial charge in [-0.25, -0.2) is 4.79 Å². The maximum Gasteiger partial charge on any atom is 0.337 e. The van der Waals surface area contributed by atoms with Gasteiger partial charge in [-0.3, -0.25) is 9.78 Å². The van der Waals surface area contributed by atoms with E-state index in [0.29, 0.717) is 11.3 Å². The molecule has 0 fully saturated rings. The van der Waals surface area contributed by atoms with E-state index in [0.717, 1.165) is 17.1 Å². The van der Waals surface area contributed by atoms with Crippen molar-refractivity contribution < 1.29 is 19.1 Å². The highest BCUT2D eigenvalue weighted by molar-refractivity contribution is 6.03. The molecule has 1 aromatic heterocycles. The number of nitrogens with one attached hydrogen (secondary N) is 2. The molecule has 1 amide bonds. The van der Waals surface area contributed by atoms with Crippen molar-refractivity contribution in [3.63, 3.8) is 0 Å². The van der Waals surface area contributed by atoms with Crippen molar-refractivity contribution in [2.45, 2.75) is 0 Å². The van der Waals surface area contributed by atoms with Crippen LogP contribution in [0, 0.1) is 0 Å². The maximum atomic E-state index is 12.5. The topological polar surface area (TPSA) is 89.5 Å². The molecule has 142 valence electrons. The van der Waals surface area contributed by atoms with E-state index in [1.165, 1.54) is 7.11 Å².